The summed E-state index contributed by atoms with van der Waals surface area (Å²) >= 11 is 5.49. The Hall–Kier alpha value is -0.0600. The van der Waals surface area contributed by atoms with Crippen LogP contribution < -0.4 is 5.32 Å². The molecule has 1 atom stereocenters. The van der Waals surface area contributed by atoms with Crippen molar-refractivity contribution < 1.29 is 4.39 Å². The van der Waals surface area contributed by atoms with Crippen molar-refractivity contribution in [2.24, 2.45) is 5.92 Å². The standard InChI is InChI=1S/C16H25BrFNS/c1-4-7-19-15(11-20-10-12(2)3)9-13-8-14(18)5-6-16(13)17/h5-6,8,12,15,19H,4,7,9-11H2,1-3H3. The summed E-state index contributed by atoms with van der Waals surface area (Å²) in [7, 11) is 0. The van der Waals surface area contributed by atoms with Gasteiger partial charge >= 0.3 is 0 Å². The lowest BCUT2D eigenvalue weighted by Gasteiger charge is -2.19. The van der Waals surface area contributed by atoms with Gasteiger partial charge in [-0.25, -0.2) is 4.39 Å². The van der Waals surface area contributed by atoms with E-state index < -0.39 is 0 Å². The van der Waals surface area contributed by atoms with E-state index in [0.29, 0.717) is 12.0 Å². The van der Waals surface area contributed by atoms with Gasteiger partial charge in [-0.3, -0.25) is 0 Å². The van der Waals surface area contributed by atoms with Crippen molar-refractivity contribution in [3.63, 3.8) is 0 Å². The predicted octanol–water partition coefficient (Wildman–Crippen LogP) is 4.89. The maximum Gasteiger partial charge on any atom is 0.123 e. The lowest BCUT2D eigenvalue weighted by atomic mass is 10.1. The third kappa shape index (κ3) is 7.09. The molecule has 0 saturated carbocycles. The van der Waals surface area contributed by atoms with Crippen LogP contribution in [0.25, 0.3) is 0 Å². The number of benzene rings is 1. The predicted molar refractivity (Wildman–Crippen MR) is 92.0 cm³/mol. The molecule has 1 aromatic carbocycles. The zero-order chi connectivity index (χ0) is 15.0. The van der Waals surface area contributed by atoms with Crippen LogP contribution in [0.2, 0.25) is 0 Å². The Kier molecular flexibility index (Phi) is 8.82. The second kappa shape index (κ2) is 9.80. The first-order chi connectivity index (χ1) is 9.52. The van der Waals surface area contributed by atoms with Gasteiger partial charge in [-0.1, -0.05) is 36.7 Å². The highest BCUT2D eigenvalue weighted by Gasteiger charge is 2.12. The zero-order valence-electron chi connectivity index (χ0n) is 12.6. The number of hydrogen-bond acceptors (Lipinski definition) is 2. The Morgan fingerprint density at radius 1 is 1.30 bits per heavy atom. The molecule has 1 aromatic rings. The van der Waals surface area contributed by atoms with Crippen LogP contribution in [0.15, 0.2) is 22.7 Å². The van der Waals surface area contributed by atoms with Crippen LogP contribution in [-0.4, -0.2) is 24.1 Å². The zero-order valence-corrected chi connectivity index (χ0v) is 15.0. The molecule has 1 N–H and O–H groups in total. The number of halogens is 2. The van der Waals surface area contributed by atoms with Crippen molar-refractivity contribution in [1.82, 2.24) is 5.32 Å². The van der Waals surface area contributed by atoms with Crippen LogP contribution in [0, 0.1) is 11.7 Å². The Morgan fingerprint density at radius 2 is 2.05 bits per heavy atom. The van der Waals surface area contributed by atoms with E-state index in [0.717, 1.165) is 35.2 Å². The average molecular weight is 362 g/mol. The van der Waals surface area contributed by atoms with Gasteiger partial charge < -0.3 is 5.32 Å². The molecule has 20 heavy (non-hydrogen) atoms. The topological polar surface area (TPSA) is 12.0 Å². The fourth-order valence-corrected chi connectivity index (χ4v) is 3.49. The average Bonchev–Trinajstić information content (AvgIpc) is 2.39. The van der Waals surface area contributed by atoms with Crippen molar-refractivity contribution >= 4 is 27.7 Å². The van der Waals surface area contributed by atoms with Gasteiger partial charge in [0.2, 0.25) is 0 Å². The lowest BCUT2D eigenvalue weighted by Crippen LogP contribution is -2.34. The molecule has 1 rings (SSSR count). The van der Waals surface area contributed by atoms with Crippen molar-refractivity contribution in [2.45, 2.75) is 39.7 Å². The molecule has 0 saturated heterocycles. The minimum Gasteiger partial charge on any atom is -0.313 e. The van der Waals surface area contributed by atoms with E-state index >= 15 is 0 Å². The normalized spacial score (nSPS) is 12.9. The molecular formula is C16H25BrFNS. The minimum absolute atomic E-state index is 0.160. The van der Waals surface area contributed by atoms with Crippen molar-refractivity contribution in [3.05, 3.63) is 34.1 Å². The largest absolute Gasteiger partial charge is 0.313 e. The van der Waals surface area contributed by atoms with Gasteiger partial charge in [0.15, 0.2) is 0 Å². The lowest BCUT2D eigenvalue weighted by molar-refractivity contribution is 0.546. The van der Waals surface area contributed by atoms with E-state index in [-0.39, 0.29) is 5.82 Å². The highest BCUT2D eigenvalue weighted by atomic mass is 79.9. The first kappa shape index (κ1) is 18.0. The smallest absolute Gasteiger partial charge is 0.123 e. The van der Waals surface area contributed by atoms with Gasteiger partial charge in [0.05, 0.1) is 0 Å². The van der Waals surface area contributed by atoms with Gasteiger partial charge in [-0.15, -0.1) is 0 Å². The molecule has 0 bridgehead atoms. The maximum absolute atomic E-state index is 13.4. The molecular weight excluding hydrogens is 337 g/mol. The van der Waals surface area contributed by atoms with Crippen molar-refractivity contribution in [2.75, 3.05) is 18.1 Å². The quantitative estimate of drug-likeness (QED) is 0.671. The summed E-state index contributed by atoms with van der Waals surface area (Å²) < 4.78 is 14.4. The first-order valence-electron chi connectivity index (χ1n) is 7.28. The van der Waals surface area contributed by atoms with Crippen molar-refractivity contribution in [3.8, 4) is 0 Å². The molecule has 0 spiro atoms. The Morgan fingerprint density at radius 3 is 2.70 bits per heavy atom. The molecule has 0 fully saturated rings. The fourth-order valence-electron chi connectivity index (χ4n) is 1.95. The highest BCUT2D eigenvalue weighted by Crippen LogP contribution is 2.21. The molecule has 0 heterocycles. The molecule has 1 nitrogen and oxygen atoms in total. The van der Waals surface area contributed by atoms with Gasteiger partial charge in [-0.2, -0.15) is 11.8 Å². The van der Waals surface area contributed by atoms with E-state index in [1.807, 2.05) is 11.8 Å². The summed E-state index contributed by atoms with van der Waals surface area (Å²) in [5.74, 6) is 2.80. The number of rotatable bonds is 9. The summed E-state index contributed by atoms with van der Waals surface area (Å²) in [6.45, 7) is 7.67. The van der Waals surface area contributed by atoms with Gasteiger partial charge in [0.1, 0.15) is 5.82 Å². The third-order valence-corrected chi connectivity index (χ3v) is 5.24. The molecule has 0 aromatic heterocycles. The first-order valence-corrected chi connectivity index (χ1v) is 9.22. The van der Waals surface area contributed by atoms with E-state index in [2.05, 4.69) is 42.0 Å². The fraction of sp³-hybridized carbons (Fsp3) is 0.625. The SMILES string of the molecule is CCCNC(CSCC(C)C)Cc1cc(F)ccc1Br. The summed E-state index contributed by atoms with van der Waals surface area (Å²) in [5, 5.41) is 3.57. The Bertz CT molecular complexity index is 398. The number of nitrogens with one attached hydrogen (secondary N) is 1. The molecule has 1 unspecified atom stereocenters. The summed E-state index contributed by atoms with van der Waals surface area (Å²) in [5.41, 5.74) is 1.05. The summed E-state index contributed by atoms with van der Waals surface area (Å²) in [6, 6.07) is 5.33. The minimum atomic E-state index is -0.160. The highest BCUT2D eigenvalue weighted by molar-refractivity contribution is 9.10. The molecule has 0 aliphatic heterocycles. The van der Waals surface area contributed by atoms with Crippen LogP contribution in [-0.2, 0) is 6.42 Å². The van der Waals surface area contributed by atoms with Crippen molar-refractivity contribution in [1.29, 1.82) is 0 Å². The van der Waals surface area contributed by atoms with Crippen LogP contribution in [0.1, 0.15) is 32.8 Å². The second-order valence-corrected chi connectivity index (χ2v) is 7.45. The van der Waals surface area contributed by atoms with Crippen LogP contribution in [0.4, 0.5) is 4.39 Å². The van der Waals surface area contributed by atoms with Gasteiger partial charge in [0.25, 0.3) is 0 Å². The van der Waals surface area contributed by atoms with E-state index in [4.69, 9.17) is 0 Å². The van der Waals surface area contributed by atoms with Crippen LogP contribution >= 0.6 is 27.7 Å². The number of thioether (sulfide) groups is 1. The molecule has 0 aliphatic carbocycles. The molecule has 0 amide bonds. The molecule has 4 heteroatoms. The molecule has 114 valence electrons. The third-order valence-electron chi connectivity index (χ3n) is 2.93. The summed E-state index contributed by atoms with van der Waals surface area (Å²) in [4.78, 5) is 0. The maximum atomic E-state index is 13.4. The Balaban J connectivity index is 2.60. The van der Waals surface area contributed by atoms with E-state index in [9.17, 15) is 4.39 Å². The number of hydrogen-bond donors (Lipinski definition) is 1. The van der Waals surface area contributed by atoms with E-state index in [1.165, 1.54) is 11.8 Å². The Labute approximate surface area is 135 Å². The molecule has 0 aliphatic rings. The van der Waals surface area contributed by atoms with E-state index in [1.54, 1.807) is 12.1 Å². The van der Waals surface area contributed by atoms with Gasteiger partial charge in [0, 0.05) is 16.3 Å². The van der Waals surface area contributed by atoms with Gasteiger partial charge in [-0.05, 0) is 54.8 Å². The monoisotopic (exact) mass is 361 g/mol. The molecule has 0 radical (unpaired) electrons. The second-order valence-electron chi connectivity index (χ2n) is 5.52. The van der Waals surface area contributed by atoms with Crippen LogP contribution in [0.5, 0.6) is 0 Å². The van der Waals surface area contributed by atoms with Crippen LogP contribution in [0.3, 0.4) is 0 Å². The summed E-state index contributed by atoms with van der Waals surface area (Å²) in [6.07, 6.45) is 1.99.